The van der Waals surface area contributed by atoms with Gasteiger partial charge in [-0.2, -0.15) is 0 Å². The number of para-hydroxylation sites is 10. The molecule has 0 radical (unpaired) electrons. The lowest BCUT2D eigenvalue weighted by atomic mass is 10.1. The van der Waals surface area contributed by atoms with E-state index in [1.54, 1.807) is 0 Å². The van der Waals surface area contributed by atoms with E-state index in [0.29, 0.717) is 18.5 Å². The van der Waals surface area contributed by atoms with Gasteiger partial charge >= 0.3 is 0 Å². The van der Waals surface area contributed by atoms with Gasteiger partial charge in [-0.15, -0.1) is 0 Å². The van der Waals surface area contributed by atoms with Crippen LogP contribution in [0.25, 0.3) is 0 Å². The highest BCUT2D eigenvalue weighted by molar-refractivity contribution is 5.89. The van der Waals surface area contributed by atoms with Crippen molar-refractivity contribution >= 4 is 56.9 Å². The van der Waals surface area contributed by atoms with Crippen molar-refractivity contribution < 1.29 is 0 Å². The first kappa shape index (κ1) is 50.6. The summed E-state index contributed by atoms with van der Waals surface area (Å²) in [6.07, 6.45) is 9.83. The summed E-state index contributed by atoms with van der Waals surface area (Å²) in [6, 6.07) is 72.5. The van der Waals surface area contributed by atoms with Crippen LogP contribution in [0.1, 0.15) is 49.9 Å². The second kappa shape index (κ2) is 22.6. The molecule has 8 aromatic rings. The van der Waals surface area contributed by atoms with Gasteiger partial charge in [-0.3, -0.25) is 0 Å². The fraction of sp³-hybridized carbons (Fsp3) is 0.212. The highest BCUT2D eigenvalue weighted by Gasteiger charge is 2.35. The molecule has 0 amide bonds. The van der Waals surface area contributed by atoms with Crippen molar-refractivity contribution in [3.05, 3.63) is 253 Å². The average molecular weight is 977 g/mol. The molecule has 0 N–H and O–H groups in total. The summed E-state index contributed by atoms with van der Waals surface area (Å²) in [5.74, 6) is 0. The molecule has 4 heterocycles. The molecule has 0 unspecified atom stereocenters. The molecule has 0 aromatic heterocycles. The zero-order chi connectivity index (χ0) is 51.9. The third-order valence-corrected chi connectivity index (χ3v) is 14.9. The number of fused-ring (bicyclic) bond motifs is 2. The molecule has 4 atom stereocenters. The molecule has 4 aliphatic rings. The van der Waals surface area contributed by atoms with E-state index < -0.39 is 0 Å². The van der Waals surface area contributed by atoms with Crippen LogP contribution < -0.4 is 34.3 Å². The van der Waals surface area contributed by atoms with Crippen molar-refractivity contribution in [1.29, 1.82) is 0 Å². The predicted octanol–water partition coefficient (Wildman–Crippen LogP) is 16.3. The van der Waals surface area contributed by atoms with Crippen LogP contribution in [-0.4, -0.2) is 43.7 Å². The molecule has 74 heavy (non-hydrogen) atoms. The summed E-state index contributed by atoms with van der Waals surface area (Å²) in [5.41, 5.74) is 17.9. The number of hydrogen-bond acceptors (Lipinski definition) is 8. The van der Waals surface area contributed by atoms with Gasteiger partial charge in [-0.1, -0.05) is 133 Å². The molecule has 8 nitrogen and oxygen atoms in total. The fourth-order valence-electron chi connectivity index (χ4n) is 10.5. The van der Waals surface area contributed by atoms with E-state index in [0.717, 1.165) is 0 Å². The molecule has 8 aromatic carbocycles. The number of rotatable bonds is 6. The normalized spacial score (nSPS) is 18.1. The van der Waals surface area contributed by atoms with Crippen LogP contribution in [0.3, 0.4) is 0 Å². The van der Waals surface area contributed by atoms with Crippen LogP contribution in [-0.2, 0) is 0 Å². The van der Waals surface area contributed by atoms with Crippen molar-refractivity contribution in [2.24, 2.45) is 0 Å². The van der Waals surface area contributed by atoms with Gasteiger partial charge in [0.05, 0.1) is 22.7 Å². The lowest BCUT2D eigenvalue weighted by Crippen LogP contribution is -2.36. The molecule has 0 bridgehead atoms. The van der Waals surface area contributed by atoms with Gasteiger partial charge in [0.1, 0.15) is 24.7 Å². The molecular weight excluding hydrogens is 905 g/mol. The smallest absolute Gasteiger partial charge is 0.108 e. The number of benzene rings is 8. The first-order valence-corrected chi connectivity index (χ1v) is 26.0. The van der Waals surface area contributed by atoms with E-state index in [4.69, 9.17) is 0 Å². The topological polar surface area (TPSA) is 25.9 Å². The van der Waals surface area contributed by atoms with Crippen LogP contribution in [0.2, 0.25) is 0 Å². The summed E-state index contributed by atoms with van der Waals surface area (Å²) < 4.78 is 0. The molecule has 0 fully saturated rings. The van der Waals surface area contributed by atoms with Crippen molar-refractivity contribution in [2.75, 3.05) is 48.4 Å². The average Bonchev–Trinajstić information content (AvgIpc) is 4.14. The van der Waals surface area contributed by atoms with Crippen molar-refractivity contribution in [1.82, 2.24) is 4.90 Å². The Kier molecular flexibility index (Phi) is 15.4. The third kappa shape index (κ3) is 10.3. The Morgan fingerprint density at radius 2 is 0.581 bits per heavy atom. The zero-order valence-corrected chi connectivity index (χ0v) is 44.8. The van der Waals surface area contributed by atoms with E-state index in [1.807, 2.05) is 6.07 Å². The number of nitrogens with zero attached hydrogens (tertiary/aromatic N) is 8. The van der Waals surface area contributed by atoms with Crippen molar-refractivity contribution in [2.45, 2.75) is 80.1 Å². The van der Waals surface area contributed by atoms with Gasteiger partial charge in [-0.25, -0.2) is 0 Å². The fourth-order valence-corrected chi connectivity index (χ4v) is 10.5. The van der Waals surface area contributed by atoms with E-state index in [9.17, 15) is 0 Å². The summed E-state index contributed by atoms with van der Waals surface area (Å²) in [4.78, 5) is 18.6. The van der Waals surface area contributed by atoms with Gasteiger partial charge < -0.3 is 39.2 Å². The van der Waals surface area contributed by atoms with Gasteiger partial charge in [0.2, 0.25) is 0 Å². The highest BCUT2D eigenvalue weighted by atomic mass is 15.4. The molecule has 0 spiro atoms. The molecule has 8 heteroatoms. The van der Waals surface area contributed by atoms with Crippen LogP contribution in [0, 0.1) is 27.7 Å². The first-order valence-electron chi connectivity index (χ1n) is 26.0. The maximum Gasteiger partial charge on any atom is 0.108 e. The van der Waals surface area contributed by atoms with Crippen LogP contribution >= 0.6 is 0 Å². The Balaban J connectivity index is 0.000000123. The maximum atomic E-state index is 2.43. The highest BCUT2D eigenvalue weighted by Crippen LogP contribution is 2.48. The van der Waals surface area contributed by atoms with Crippen LogP contribution in [0.15, 0.2) is 231 Å². The Morgan fingerprint density at radius 1 is 0.257 bits per heavy atom. The minimum absolute atomic E-state index is 0.232. The lowest BCUT2D eigenvalue weighted by molar-refractivity contribution is 0.383. The largest absolute Gasteiger partial charge is 0.359 e. The van der Waals surface area contributed by atoms with Crippen LogP contribution in [0.5, 0.6) is 0 Å². The summed E-state index contributed by atoms with van der Waals surface area (Å²) >= 11 is 0. The molecule has 0 saturated carbocycles. The van der Waals surface area contributed by atoms with Gasteiger partial charge in [-0.05, 0) is 150 Å². The van der Waals surface area contributed by atoms with Crippen LogP contribution in [0.4, 0.5) is 56.9 Å². The first-order chi connectivity index (χ1) is 35.9. The van der Waals surface area contributed by atoms with Gasteiger partial charge in [0.25, 0.3) is 0 Å². The number of hydrogen-bond donors (Lipinski definition) is 0. The van der Waals surface area contributed by atoms with E-state index in [1.165, 1.54) is 79.1 Å². The minimum Gasteiger partial charge on any atom is -0.359 e. The number of anilines is 10. The van der Waals surface area contributed by atoms with E-state index >= 15 is 0 Å². The summed E-state index contributed by atoms with van der Waals surface area (Å²) in [6.45, 7) is 17.6. The molecule has 4 aliphatic heterocycles. The summed E-state index contributed by atoms with van der Waals surface area (Å²) in [7, 11) is 4.25. The number of aryl methyl sites for hydroxylation is 4. The molecular formula is C66H72N8. The van der Waals surface area contributed by atoms with Gasteiger partial charge in [0.15, 0.2) is 0 Å². The Hall–Kier alpha value is -8.36. The van der Waals surface area contributed by atoms with Crippen molar-refractivity contribution in [3.63, 3.8) is 0 Å². The standard InChI is InChI=1S/C21H20N2.C17H18N2.C16H18N2.C12H16N2/c1-16-10-6-7-13-19(16)23-17(2)22(18-11-4-3-5-12-18)20-14-8-9-15-21(20)23;1-14-8-6-7-11-17(14)19-13-12-18(15(19)2)16-9-4-3-5-10-16;1-12-8-4-5-9-14(12)18-13(2)17(3)15-10-6-7-11-16(15)18;1-10-6-4-5-7-12(10)14-9-8-13(3)11(14)2/h3-15,17H,1-2H3;3-13,15H,1-2H3;4-11,13H,1-3H3;4-9,11H,1-3H3/t17-;15-;13-;11-/m0000/s1. The second-order valence-corrected chi connectivity index (χ2v) is 19.5. The molecule has 376 valence electrons. The third-order valence-electron chi connectivity index (χ3n) is 14.9. The second-order valence-electron chi connectivity index (χ2n) is 19.5. The summed E-state index contributed by atoms with van der Waals surface area (Å²) in [5, 5.41) is 0. The quantitative estimate of drug-likeness (QED) is 0.163. The maximum absolute atomic E-state index is 2.43. The Labute approximate surface area is 441 Å². The van der Waals surface area contributed by atoms with Crippen molar-refractivity contribution in [3.8, 4) is 0 Å². The monoisotopic (exact) mass is 977 g/mol. The van der Waals surface area contributed by atoms with E-state index in [-0.39, 0.29) is 6.17 Å². The minimum atomic E-state index is 0.232. The van der Waals surface area contributed by atoms with Gasteiger partial charge in [0, 0.05) is 73.0 Å². The molecule has 0 aliphatic carbocycles. The molecule has 0 saturated heterocycles. The zero-order valence-electron chi connectivity index (χ0n) is 44.8. The predicted molar refractivity (Wildman–Crippen MR) is 317 cm³/mol. The SMILES string of the molecule is Cc1ccccc1N1C=CN(C)[C@@H]1C.Cc1ccccc1N1C=CN(c2ccccc2)[C@@H]1C.Cc1ccccc1N1c2ccccc2N(C)[C@@H]1C.Cc1ccccc1N1c2ccccc2N(c2ccccc2)[C@@H]1C. The molecule has 12 rings (SSSR count). The lowest BCUT2D eigenvalue weighted by Gasteiger charge is -2.31. The Morgan fingerprint density at radius 3 is 1.03 bits per heavy atom. The van der Waals surface area contributed by atoms with E-state index in [2.05, 4.69) is 334 Å². The Bertz CT molecular complexity index is 3190.